The molecule has 2 unspecified atom stereocenters. The summed E-state index contributed by atoms with van der Waals surface area (Å²) < 4.78 is 12.3. The molecule has 3 heterocycles. The minimum atomic E-state index is -0.802. The van der Waals surface area contributed by atoms with Crippen molar-refractivity contribution in [2.75, 3.05) is 39.8 Å². The third-order valence-electron chi connectivity index (χ3n) is 8.19. The number of phenolic OH excluding ortho intramolecular Hbond substituents is 1. The van der Waals surface area contributed by atoms with Crippen molar-refractivity contribution in [3.63, 3.8) is 0 Å². The number of halogens is 1. The van der Waals surface area contributed by atoms with Gasteiger partial charge in [-0.1, -0.05) is 30.2 Å². The Hall–Kier alpha value is -2.85. The van der Waals surface area contributed by atoms with Crippen LogP contribution < -0.4 is 15.5 Å². The van der Waals surface area contributed by atoms with Gasteiger partial charge in [0.15, 0.2) is 5.43 Å². The number of β-amino-alcohol motifs (C(OH)–C–C–N with tert-alkyl or cyclic N) is 1. The number of ether oxygens (including phenoxy) is 1. The predicted octanol–water partition coefficient (Wildman–Crippen LogP) is 4.54. The van der Waals surface area contributed by atoms with Crippen LogP contribution in [0, 0.1) is 0 Å². The van der Waals surface area contributed by atoms with E-state index in [0.29, 0.717) is 48.8 Å². The van der Waals surface area contributed by atoms with E-state index in [4.69, 9.17) is 20.8 Å². The second-order valence-electron chi connectivity index (χ2n) is 11.0. The number of aliphatic hydroxyl groups is 1. The summed E-state index contributed by atoms with van der Waals surface area (Å²) in [6, 6.07) is 2.81. The van der Waals surface area contributed by atoms with E-state index in [0.717, 1.165) is 38.6 Å². The molecule has 2 fully saturated rings. The summed E-state index contributed by atoms with van der Waals surface area (Å²) in [5, 5.41) is 26.1. The molecular formula is C30H38ClN3O6. The number of rotatable bonds is 6. The monoisotopic (exact) mass is 571 g/mol. The maximum absolute atomic E-state index is 13.5. The molecule has 0 saturated carbocycles. The number of piperidine rings is 2. The van der Waals surface area contributed by atoms with E-state index in [1.165, 1.54) is 12.1 Å². The number of carbonyl (C=O) groups excluding carboxylic acids is 1. The number of amides is 1. The Morgan fingerprint density at radius 1 is 1.25 bits per heavy atom. The van der Waals surface area contributed by atoms with Gasteiger partial charge in [-0.05, 0) is 59.2 Å². The Labute approximate surface area is 239 Å². The molecule has 1 aliphatic carbocycles. The number of aromatic hydroxyl groups is 1. The first kappa shape index (κ1) is 28.7. The number of carbonyl (C=O) groups is 1. The first-order valence-corrected chi connectivity index (χ1v) is 14.6. The number of likely N-dealkylation sites (N-methyl/N-ethyl adjacent to an activating group) is 2. The quantitative estimate of drug-likeness (QED) is 0.463. The average molecular weight is 572 g/mol. The van der Waals surface area contributed by atoms with Gasteiger partial charge in [-0.2, -0.15) is 0 Å². The third-order valence-corrected chi connectivity index (χ3v) is 8.55. The van der Waals surface area contributed by atoms with E-state index >= 15 is 0 Å². The van der Waals surface area contributed by atoms with E-state index in [-0.39, 0.29) is 34.3 Å². The van der Waals surface area contributed by atoms with Crippen molar-refractivity contribution in [2.45, 2.75) is 63.5 Å². The van der Waals surface area contributed by atoms with Gasteiger partial charge in [0.05, 0.1) is 6.10 Å². The number of nitrogens with zero attached hydrogens (tertiary/aromatic N) is 2. The van der Waals surface area contributed by atoms with Crippen molar-refractivity contribution in [2.24, 2.45) is 0 Å². The molecule has 0 bridgehead atoms. The van der Waals surface area contributed by atoms with Crippen LogP contribution in [0.25, 0.3) is 16.5 Å². The van der Waals surface area contributed by atoms with Gasteiger partial charge in [0.2, 0.25) is 0 Å². The Balaban J connectivity index is 1.60. The first-order chi connectivity index (χ1) is 19.3. The highest BCUT2D eigenvalue weighted by Gasteiger charge is 2.35. The lowest BCUT2D eigenvalue weighted by Gasteiger charge is -2.35. The molecule has 1 aromatic heterocycles. The van der Waals surface area contributed by atoms with E-state index in [1.807, 2.05) is 31.0 Å². The van der Waals surface area contributed by atoms with E-state index in [2.05, 4.69) is 5.32 Å². The van der Waals surface area contributed by atoms with Gasteiger partial charge in [-0.25, -0.2) is 4.79 Å². The molecule has 5 rings (SSSR count). The standard InChI is InChI=1S/C30H38ClN3O6/c1-3-34(16-18-8-6-7-12-32-18)30(38)40-26-15-23(36)28-22(35)14-25(19-9-4-5-10-21(19)31)39-29(28)27(26)20-11-13-33(2)17-24(20)37/h9-10,14-15,18,20,24,32,36-37H,3-8,11-13,16-17H2,1-2H3/t18?,20-,24?/m0/s1. The van der Waals surface area contributed by atoms with Crippen molar-refractivity contribution < 1.29 is 24.2 Å². The van der Waals surface area contributed by atoms with Gasteiger partial charge in [-0.3, -0.25) is 4.79 Å². The second-order valence-corrected chi connectivity index (χ2v) is 11.4. The van der Waals surface area contributed by atoms with Crippen LogP contribution in [0.2, 0.25) is 0 Å². The zero-order valence-electron chi connectivity index (χ0n) is 23.1. The zero-order valence-corrected chi connectivity index (χ0v) is 23.9. The fourth-order valence-corrected chi connectivity index (χ4v) is 6.29. The van der Waals surface area contributed by atoms with E-state index in [1.54, 1.807) is 4.90 Å². The molecule has 2 saturated heterocycles. The highest BCUT2D eigenvalue weighted by atomic mass is 35.5. The van der Waals surface area contributed by atoms with Crippen molar-refractivity contribution >= 4 is 34.2 Å². The molecule has 216 valence electrons. The number of aliphatic hydroxyl groups excluding tert-OH is 1. The normalized spacial score (nSPS) is 23.9. The predicted molar refractivity (Wildman–Crippen MR) is 155 cm³/mol. The molecule has 2 aromatic rings. The van der Waals surface area contributed by atoms with Crippen LogP contribution in [-0.2, 0) is 0 Å². The van der Waals surface area contributed by atoms with Crippen LogP contribution in [0.4, 0.5) is 4.79 Å². The maximum Gasteiger partial charge on any atom is 0.415 e. The molecule has 0 spiro atoms. The Bertz CT molecular complexity index is 1380. The number of hydrogen-bond donors (Lipinski definition) is 3. The summed E-state index contributed by atoms with van der Waals surface area (Å²) in [4.78, 5) is 30.4. The number of likely N-dealkylation sites (tertiary alicyclic amines) is 1. The highest BCUT2D eigenvalue weighted by molar-refractivity contribution is 6.37. The minimum Gasteiger partial charge on any atom is -0.507 e. The average Bonchev–Trinajstić information content (AvgIpc) is 2.93. The molecule has 1 aromatic carbocycles. The highest BCUT2D eigenvalue weighted by Crippen LogP contribution is 2.43. The maximum atomic E-state index is 13.5. The van der Waals surface area contributed by atoms with Gasteiger partial charge in [0, 0.05) is 59.9 Å². The van der Waals surface area contributed by atoms with Crippen molar-refractivity contribution in [3.8, 4) is 11.5 Å². The Morgan fingerprint density at radius 2 is 2.05 bits per heavy atom. The topological polar surface area (TPSA) is 115 Å². The summed E-state index contributed by atoms with van der Waals surface area (Å²) >= 11 is 6.47. The smallest absolute Gasteiger partial charge is 0.415 e. The number of benzene rings is 1. The van der Waals surface area contributed by atoms with Gasteiger partial charge < -0.3 is 34.5 Å². The number of hydrogen-bond acceptors (Lipinski definition) is 8. The minimum absolute atomic E-state index is 0.0139. The van der Waals surface area contributed by atoms with Gasteiger partial charge in [-0.15, -0.1) is 0 Å². The SMILES string of the molecule is CCN(CC1CCCCN1)C(=O)Oc1cc(O)c2c(=O)cc(C3=CCCC=C3Cl)oc2c1[C@H]1CCN(C)CC1O. The lowest BCUT2D eigenvalue weighted by Crippen LogP contribution is -2.46. The fraction of sp³-hybridized carbons (Fsp3) is 0.533. The fourth-order valence-electron chi connectivity index (χ4n) is 6.01. The molecule has 3 atom stereocenters. The number of fused-ring (bicyclic) bond motifs is 1. The number of allylic oxidation sites excluding steroid dienone is 4. The molecule has 1 amide bonds. The molecule has 3 N–H and O–H groups in total. The van der Waals surface area contributed by atoms with Crippen LogP contribution in [0.3, 0.4) is 0 Å². The summed E-state index contributed by atoms with van der Waals surface area (Å²) in [6.45, 7) is 4.85. The van der Waals surface area contributed by atoms with Crippen LogP contribution >= 0.6 is 11.6 Å². The third kappa shape index (κ3) is 5.93. The Kier molecular flexibility index (Phi) is 8.85. The summed E-state index contributed by atoms with van der Waals surface area (Å²) in [5.74, 6) is -0.482. The molecular weight excluding hydrogens is 534 g/mol. The largest absolute Gasteiger partial charge is 0.507 e. The molecule has 10 heteroatoms. The second kappa shape index (κ2) is 12.3. The molecule has 9 nitrogen and oxygen atoms in total. The van der Waals surface area contributed by atoms with Crippen LogP contribution in [0.1, 0.15) is 62.7 Å². The van der Waals surface area contributed by atoms with Gasteiger partial charge >= 0.3 is 6.09 Å². The van der Waals surface area contributed by atoms with Crippen molar-refractivity contribution in [3.05, 3.63) is 50.9 Å². The van der Waals surface area contributed by atoms with E-state index in [9.17, 15) is 19.8 Å². The first-order valence-electron chi connectivity index (χ1n) is 14.2. The number of phenols is 1. The lowest BCUT2D eigenvalue weighted by atomic mass is 9.85. The zero-order chi connectivity index (χ0) is 28.4. The van der Waals surface area contributed by atoms with E-state index < -0.39 is 23.5 Å². The number of nitrogens with one attached hydrogen (secondary N) is 1. The summed E-state index contributed by atoms with van der Waals surface area (Å²) in [7, 11) is 1.93. The lowest BCUT2D eigenvalue weighted by molar-refractivity contribution is 0.0627. The Morgan fingerprint density at radius 3 is 2.75 bits per heavy atom. The van der Waals surface area contributed by atoms with Crippen LogP contribution in [0.5, 0.6) is 11.5 Å². The molecule has 0 radical (unpaired) electrons. The van der Waals surface area contributed by atoms with Crippen LogP contribution in [-0.4, -0.2) is 78.0 Å². The van der Waals surface area contributed by atoms with Gasteiger partial charge in [0.25, 0.3) is 0 Å². The van der Waals surface area contributed by atoms with Crippen molar-refractivity contribution in [1.29, 1.82) is 0 Å². The van der Waals surface area contributed by atoms with Gasteiger partial charge in [0.1, 0.15) is 28.2 Å². The van der Waals surface area contributed by atoms with Crippen LogP contribution in [0.15, 0.2) is 38.5 Å². The summed E-state index contributed by atoms with van der Waals surface area (Å²) in [5.41, 5.74) is 0.668. The molecule has 3 aliphatic rings. The molecule has 2 aliphatic heterocycles. The van der Waals surface area contributed by atoms with Crippen molar-refractivity contribution in [1.82, 2.24) is 15.1 Å². The summed E-state index contributed by atoms with van der Waals surface area (Å²) in [6.07, 6.45) is 7.72. The molecule has 40 heavy (non-hydrogen) atoms.